The Balaban J connectivity index is 2.83. The molecule has 1 rings (SSSR count). The predicted molar refractivity (Wildman–Crippen MR) is 84.9 cm³/mol. The average molecular weight is 293 g/mol. The van der Waals surface area contributed by atoms with Gasteiger partial charge in [-0.3, -0.25) is 4.79 Å². The summed E-state index contributed by atoms with van der Waals surface area (Å²) in [4.78, 5) is 11.7. The van der Waals surface area contributed by atoms with E-state index in [2.05, 4.69) is 24.4 Å². The van der Waals surface area contributed by atoms with Gasteiger partial charge in [-0.05, 0) is 56.5 Å². The Morgan fingerprint density at radius 2 is 1.95 bits per heavy atom. The summed E-state index contributed by atoms with van der Waals surface area (Å²) in [5.41, 5.74) is 3.54. The van der Waals surface area contributed by atoms with Crippen LogP contribution in [0, 0.1) is 13.8 Å². The number of hydrogen-bond donors (Lipinski definition) is 1. The lowest BCUT2D eigenvalue weighted by atomic mass is 9.97. The van der Waals surface area contributed by atoms with Crippen LogP contribution in [0.1, 0.15) is 37.0 Å². The Morgan fingerprint density at radius 1 is 1.24 bits per heavy atom. The highest BCUT2D eigenvalue weighted by atomic mass is 16.5. The van der Waals surface area contributed by atoms with Crippen molar-refractivity contribution in [1.29, 1.82) is 0 Å². The van der Waals surface area contributed by atoms with E-state index in [-0.39, 0.29) is 12.0 Å². The highest BCUT2D eigenvalue weighted by molar-refractivity contribution is 5.70. The van der Waals surface area contributed by atoms with E-state index in [0.29, 0.717) is 13.0 Å². The molecule has 1 unspecified atom stereocenters. The fourth-order valence-corrected chi connectivity index (χ4v) is 2.48. The summed E-state index contributed by atoms with van der Waals surface area (Å²) < 4.78 is 10.4. The molecule has 0 saturated heterocycles. The fourth-order valence-electron chi connectivity index (χ4n) is 2.48. The van der Waals surface area contributed by atoms with Crippen LogP contribution in [-0.4, -0.2) is 32.3 Å². The molecule has 0 radical (unpaired) electrons. The number of carbonyl (C=O) groups excluding carboxylic acids is 1. The lowest BCUT2D eigenvalue weighted by molar-refractivity contribution is -0.143. The van der Waals surface area contributed by atoms with Crippen molar-refractivity contribution in [3.8, 4) is 5.75 Å². The molecule has 1 atom stereocenters. The predicted octanol–water partition coefficient (Wildman–Crippen LogP) is 2.79. The first-order chi connectivity index (χ1) is 10.0. The summed E-state index contributed by atoms with van der Waals surface area (Å²) in [6.07, 6.45) is 1.20. The lowest BCUT2D eigenvalue weighted by Crippen LogP contribution is -2.34. The number of likely N-dealkylation sites (N-methyl/N-ethyl adjacent to an activating group) is 1. The second-order valence-electron chi connectivity index (χ2n) is 5.22. The van der Waals surface area contributed by atoms with Crippen molar-refractivity contribution in [2.75, 3.05) is 20.3 Å². The summed E-state index contributed by atoms with van der Waals surface area (Å²) in [5, 5.41) is 3.36. The summed E-state index contributed by atoms with van der Waals surface area (Å²) >= 11 is 0. The molecule has 0 saturated carbocycles. The molecule has 4 heteroatoms. The number of benzene rings is 1. The van der Waals surface area contributed by atoms with Gasteiger partial charge in [0.15, 0.2) is 0 Å². The van der Waals surface area contributed by atoms with Gasteiger partial charge in [0.25, 0.3) is 0 Å². The first-order valence-corrected chi connectivity index (χ1v) is 7.54. The van der Waals surface area contributed by atoms with E-state index >= 15 is 0 Å². The lowest BCUT2D eigenvalue weighted by Gasteiger charge is -2.19. The van der Waals surface area contributed by atoms with Crippen LogP contribution in [-0.2, 0) is 16.0 Å². The number of rotatable bonds is 8. The van der Waals surface area contributed by atoms with Crippen LogP contribution in [0.15, 0.2) is 12.1 Å². The van der Waals surface area contributed by atoms with Crippen molar-refractivity contribution in [2.24, 2.45) is 0 Å². The van der Waals surface area contributed by atoms with Crippen molar-refractivity contribution >= 4 is 5.97 Å². The largest absolute Gasteiger partial charge is 0.496 e. The molecule has 0 amide bonds. The number of aryl methyl sites for hydroxylation is 2. The summed E-state index contributed by atoms with van der Waals surface area (Å²) in [6.45, 7) is 9.25. The molecule has 0 heterocycles. The molecule has 118 valence electrons. The minimum Gasteiger partial charge on any atom is -0.496 e. The number of hydrogen-bond acceptors (Lipinski definition) is 4. The van der Waals surface area contributed by atoms with E-state index in [1.165, 1.54) is 11.1 Å². The molecular weight excluding hydrogens is 266 g/mol. The van der Waals surface area contributed by atoms with Gasteiger partial charge in [-0.15, -0.1) is 0 Å². The van der Waals surface area contributed by atoms with Crippen molar-refractivity contribution in [2.45, 2.75) is 46.6 Å². The molecule has 0 fully saturated rings. The molecule has 21 heavy (non-hydrogen) atoms. The first kappa shape index (κ1) is 17.5. The molecule has 4 nitrogen and oxygen atoms in total. The van der Waals surface area contributed by atoms with Gasteiger partial charge >= 0.3 is 5.97 Å². The number of carbonyl (C=O) groups is 1. The van der Waals surface area contributed by atoms with E-state index in [1.807, 2.05) is 20.8 Å². The summed E-state index contributed by atoms with van der Waals surface area (Å²) in [5.74, 6) is 0.757. The normalized spacial score (nSPS) is 12.0. The number of esters is 1. The molecule has 0 bridgehead atoms. The third-order valence-corrected chi connectivity index (χ3v) is 3.53. The molecule has 0 spiro atoms. The zero-order valence-electron chi connectivity index (χ0n) is 13.8. The van der Waals surface area contributed by atoms with Crippen LogP contribution >= 0.6 is 0 Å². The van der Waals surface area contributed by atoms with Gasteiger partial charge in [0.05, 0.1) is 20.1 Å². The molecule has 0 aliphatic heterocycles. The van der Waals surface area contributed by atoms with Crippen LogP contribution in [0.2, 0.25) is 0 Å². The first-order valence-electron chi connectivity index (χ1n) is 7.54. The Kier molecular flexibility index (Phi) is 7.23. The van der Waals surface area contributed by atoms with Crippen molar-refractivity contribution in [3.63, 3.8) is 0 Å². The van der Waals surface area contributed by atoms with Crippen LogP contribution in [0.4, 0.5) is 0 Å². The van der Waals surface area contributed by atoms with Crippen LogP contribution in [0.5, 0.6) is 5.75 Å². The average Bonchev–Trinajstić information content (AvgIpc) is 2.43. The molecule has 0 aromatic heterocycles. The quantitative estimate of drug-likeness (QED) is 0.749. The van der Waals surface area contributed by atoms with Gasteiger partial charge in [0, 0.05) is 6.04 Å². The third-order valence-electron chi connectivity index (χ3n) is 3.53. The Bertz CT molecular complexity index is 471. The van der Waals surface area contributed by atoms with Crippen molar-refractivity contribution < 1.29 is 14.3 Å². The maximum Gasteiger partial charge on any atom is 0.307 e. The Hall–Kier alpha value is -1.55. The second kappa shape index (κ2) is 8.67. The number of ether oxygens (including phenoxy) is 2. The second-order valence-corrected chi connectivity index (χ2v) is 5.22. The zero-order valence-corrected chi connectivity index (χ0v) is 13.8. The maximum atomic E-state index is 11.7. The number of nitrogens with one attached hydrogen (secondary N) is 1. The van der Waals surface area contributed by atoms with Gasteiger partial charge in [0.2, 0.25) is 0 Å². The third kappa shape index (κ3) is 5.38. The summed E-state index contributed by atoms with van der Waals surface area (Å²) in [7, 11) is 1.68. The SMILES string of the molecule is CCNC(CC(=O)OCC)Cc1cc(C)c(OC)cc1C. The van der Waals surface area contributed by atoms with E-state index in [4.69, 9.17) is 9.47 Å². The maximum absolute atomic E-state index is 11.7. The molecule has 1 aromatic rings. The smallest absolute Gasteiger partial charge is 0.307 e. The Morgan fingerprint density at radius 3 is 2.52 bits per heavy atom. The van der Waals surface area contributed by atoms with Crippen molar-refractivity contribution in [1.82, 2.24) is 5.32 Å². The van der Waals surface area contributed by atoms with Crippen LogP contribution in [0.25, 0.3) is 0 Å². The van der Waals surface area contributed by atoms with Gasteiger partial charge in [0.1, 0.15) is 5.75 Å². The molecule has 0 aliphatic rings. The number of methoxy groups -OCH3 is 1. The van der Waals surface area contributed by atoms with Gasteiger partial charge in [-0.2, -0.15) is 0 Å². The highest BCUT2D eigenvalue weighted by Gasteiger charge is 2.16. The molecular formula is C17H27NO3. The van der Waals surface area contributed by atoms with E-state index in [0.717, 1.165) is 24.3 Å². The molecule has 0 aliphatic carbocycles. The van der Waals surface area contributed by atoms with E-state index in [1.54, 1.807) is 7.11 Å². The highest BCUT2D eigenvalue weighted by Crippen LogP contribution is 2.23. The van der Waals surface area contributed by atoms with E-state index < -0.39 is 0 Å². The molecule has 1 N–H and O–H groups in total. The molecule has 1 aromatic carbocycles. The van der Waals surface area contributed by atoms with Crippen LogP contribution < -0.4 is 10.1 Å². The van der Waals surface area contributed by atoms with Gasteiger partial charge < -0.3 is 14.8 Å². The Labute approximate surface area is 127 Å². The van der Waals surface area contributed by atoms with E-state index in [9.17, 15) is 4.79 Å². The minimum absolute atomic E-state index is 0.0977. The van der Waals surface area contributed by atoms with Gasteiger partial charge in [-0.1, -0.05) is 13.0 Å². The minimum atomic E-state index is -0.147. The van der Waals surface area contributed by atoms with Gasteiger partial charge in [-0.25, -0.2) is 0 Å². The van der Waals surface area contributed by atoms with Crippen molar-refractivity contribution in [3.05, 3.63) is 28.8 Å². The summed E-state index contributed by atoms with van der Waals surface area (Å²) in [6, 6.07) is 4.29. The standard InChI is InChI=1S/C17H27NO3/c1-6-18-15(11-17(19)21-7-2)10-14-8-13(4)16(20-5)9-12(14)3/h8-9,15,18H,6-7,10-11H2,1-5H3. The zero-order chi connectivity index (χ0) is 15.8. The van der Waals surface area contributed by atoms with Crippen LogP contribution in [0.3, 0.4) is 0 Å². The monoisotopic (exact) mass is 293 g/mol. The fraction of sp³-hybridized carbons (Fsp3) is 0.588. The topological polar surface area (TPSA) is 47.6 Å².